The molecule has 2 aromatic heterocycles. The summed E-state index contributed by atoms with van der Waals surface area (Å²) in [6, 6.07) is 21.3. The van der Waals surface area contributed by atoms with Crippen LogP contribution in [0.2, 0.25) is 5.02 Å². The number of alkyl halides is 3. The number of rotatable bonds is 28. The van der Waals surface area contributed by atoms with Crippen LogP contribution in [0.4, 0.5) is 51.7 Å². The SMILES string of the molecule is COCC(=O)N1CCC(CN)CC1.COCC(=O)N1CCC(CNc2ccc(S(=O)(=O)CC(=O)c3ccc(N4CCN(CC5=C(c6ccc(C(F)(F)F)cc6Cl)CC(C)(C)CC5)CC4)cc3Oc3cnc4[nH]ccc4c3)cc2[N+](=O)[O-])CC1.COCC(=O)N1CCC(CNc2ccc(S(N)(=O)=O)cc2[N+](=O)[O-])CC1.NS(=O)(=O)c1ccc(F)c([N+](=O)[O-])c1. The second kappa shape index (κ2) is 42.8. The number of likely N-dealkylation sites (tertiary alicyclic amines) is 3. The van der Waals surface area contributed by atoms with Gasteiger partial charge < -0.3 is 59.9 Å². The van der Waals surface area contributed by atoms with Crippen LogP contribution in [0.3, 0.4) is 0 Å². The number of methoxy groups -OCH3 is 3. The zero-order valence-electron chi connectivity index (χ0n) is 68.3. The smallest absolute Gasteiger partial charge is 0.416 e. The van der Waals surface area contributed by atoms with Crippen molar-refractivity contribution in [1.29, 1.82) is 0 Å². The fraction of sp³-hybridized carbons (Fsp3) is 0.463. The van der Waals surface area contributed by atoms with Gasteiger partial charge in [-0.25, -0.2) is 40.5 Å². The molecule has 0 spiro atoms. The molecule has 6 heterocycles. The highest BCUT2D eigenvalue weighted by molar-refractivity contribution is 7.92. The van der Waals surface area contributed by atoms with Crippen molar-refractivity contribution in [1.82, 2.24) is 29.6 Å². The molecule has 9 N–H and O–H groups in total. The van der Waals surface area contributed by atoms with Crippen LogP contribution in [0.1, 0.15) is 93.1 Å². The Labute approximate surface area is 713 Å². The molecule has 4 saturated heterocycles. The van der Waals surface area contributed by atoms with E-state index in [1.54, 1.807) is 41.3 Å². The van der Waals surface area contributed by atoms with E-state index in [0.717, 1.165) is 111 Å². The molecule has 668 valence electrons. The van der Waals surface area contributed by atoms with Gasteiger partial charge in [0.25, 0.3) is 11.4 Å². The number of H-pyrrole nitrogens is 1. The van der Waals surface area contributed by atoms with Gasteiger partial charge in [0.15, 0.2) is 15.6 Å². The van der Waals surface area contributed by atoms with Crippen LogP contribution in [0.25, 0.3) is 16.6 Å². The number of anilines is 3. The van der Waals surface area contributed by atoms with Crippen molar-refractivity contribution in [2.24, 2.45) is 39.2 Å². The van der Waals surface area contributed by atoms with Crippen LogP contribution in [-0.2, 0) is 64.7 Å². The molecule has 1 aliphatic carbocycles. The number of allylic oxidation sites excluding steroid dienone is 1. The number of nitrogens with two attached hydrogens (primary N) is 3. The minimum absolute atomic E-state index is 0.000000497. The molecule has 5 aliphatic rings. The fourth-order valence-corrected chi connectivity index (χ4v) is 17.4. The third-order valence-electron chi connectivity index (χ3n) is 21.8. The summed E-state index contributed by atoms with van der Waals surface area (Å²) in [6.45, 7) is 13.3. The van der Waals surface area contributed by atoms with Crippen molar-refractivity contribution in [3.8, 4) is 11.5 Å². The molecule has 5 aromatic carbocycles. The molecule has 3 amide bonds. The summed E-state index contributed by atoms with van der Waals surface area (Å²) in [5.74, 6) is -1.55. The van der Waals surface area contributed by atoms with Gasteiger partial charge in [-0.1, -0.05) is 37.1 Å². The number of carbonyl (C=O) groups excluding carboxylic acids is 4. The first kappa shape index (κ1) is 96.4. The van der Waals surface area contributed by atoms with Gasteiger partial charge in [0.2, 0.25) is 43.6 Å². The Kier molecular flexibility index (Phi) is 33.5. The molecule has 12 rings (SSSR count). The molecule has 4 aliphatic heterocycles. The van der Waals surface area contributed by atoms with Gasteiger partial charge >= 0.3 is 11.9 Å². The van der Waals surface area contributed by atoms with E-state index in [2.05, 4.69) is 44.2 Å². The van der Waals surface area contributed by atoms with Crippen molar-refractivity contribution in [3.63, 3.8) is 0 Å². The Morgan fingerprint density at radius 3 is 1.59 bits per heavy atom. The number of aromatic amines is 1. The van der Waals surface area contributed by atoms with E-state index in [0.29, 0.717) is 126 Å². The number of nitrogens with one attached hydrogen (secondary N) is 3. The molecule has 0 unspecified atom stereocenters. The van der Waals surface area contributed by atoms with E-state index in [9.17, 15) is 92.3 Å². The Morgan fingerprint density at radius 2 is 1.11 bits per heavy atom. The third-order valence-corrected chi connectivity index (χ3v) is 25.6. The molecule has 0 atom stereocenters. The number of pyridine rings is 1. The average Bonchev–Trinajstić information content (AvgIpc) is 0.933. The van der Waals surface area contributed by atoms with Gasteiger partial charge in [0, 0.05) is 153 Å². The van der Waals surface area contributed by atoms with Crippen LogP contribution in [0.5, 0.6) is 11.5 Å². The number of amides is 3. The summed E-state index contributed by atoms with van der Waals surface area (Å²) in [5, 5.41) is 50.3. The number of halogens is 5. The van der Waals surface area contributed by atoms with Gasteiger partial charge in [-0.2, -0.15) is 17.6 Å². The molecule has 0 bridgehead atoms. The Balaban J connectivity index is 0.000000259. The number of carbonyl (C=O) groups is 4. The first-order valence-electron chi connectivity index (χ1n) is 39.2. The third kappa shape index (κ3) is 27.0. The lowest BCUT2D eigenvalue weighted by atomic mass is 9.72. The first-order chi connectivity index (χ1) is 58.1. The van der Waals surface area contributed by atoms with Crippen molar-refractivity contribution in [2.75, 3.05) is 154 Å². The maximum atomic E-state index is 14.1. The van der Waals surface area contributed by atoms with Crippen LogP contribution in [-0.4, -0.2) is 232 Å². The zero-order chi connectivity index (χ0) is 89.9. The second-order valence-corrected chi connectivity index (χ2v) is 36.6. The average molecular weight is 1800 g/mol. The number of aromatic nitrogens is 2. The number of ketones is 1. The minimum atomic E-state index is -4.50. The maximum absolute atomic E-state index is 14.1. The molecule has 4 fully saturated rings. The lowest BCUT2D eigenvalue weighted by molar-refractivity contribution is -0.387. The number of piperidine rings is 3. The van der Waals surface area contributed by atoms with Crippen molar-refractivity contribution in [3.05, 3.63) is 179 Å². The summed E-state index contributed by atoms with van der Waals surface area (Å²) in [5.41, 5.74) is 7.47. The van der Waals surface area contributed by atoms with Gasteiger partial charge in [0.05, 0.1) is 46.8 Å². The molecule has 123 heavy (non-hydrogen) atoms. The number of nitro benzene ring substituents is 3. The molecule has 43 heteroatoms. The van der Waals surface area contributed by atoms with Crippen LogP contribution < -0.4 is 36.3 Å². The minimum Gasteiger partial charge on any atom is -0.455 e. The van der Waals surface area contributed by atoms with Gasteiger partial charge in [-0.05, 0) is 171 Å². The van der Waals surface area contributed by atoms with Crippen LogP contribution >= 0.6 is 11.6 Å². The van der Waals surface area contributed by atoms with E-state index < -0.39 is 90.0 Å². The van der Waals surface area contributed by atoms with Crippen molar-refractivity contribution >= 4 is 116 Å². The van der Waals surface area contributed by atoms with Crippen LogP contribution in [0.15, 0.2) is 136 Å². The molecular formula is C80H100ClF4N15O20S3. The number of nitro groups is 3. The summed E-state index contributed by atoms with van der Waals surface area (Å²) < 4.78 is 146. The predicted molar refractivity (Wildman–Crippen MR) is 450 cm³/mol. The lowest BCUT2D eigenvalue weighted by Gasteiger charge is -2.39. The Morgan fingerprint density at radius 1 is 0.626 bits per heavy atom. The summed E-state index contributed by atoms with van der Waals surface area (Å²) in [6.07, 6.45) is 6.08. The summed E-state index contributed by atoms with van der Waals surface area (Å²) >= 11 is 6.54. The van der Waals surface area contributed by atoms with Gasteiger partial charge in [-0.3, -0.25) is 54.4 Å². The number of primary sulfonamides is 2. The monoisotopic (exact) mass is 1800 g/mol. The van der Waals surface area contributed by atoms with E-state index in [-0.39, 0.29) is 98.0 Å². The molecule has 35 nitrogen and oxygen atoms in total. The highest BCUT2D eigenvalue weighted by atomic mass is 35.5. The summed E-state index contributed by atoms with van der Waals surface area (Å²) in [4.78, 5) is 96.8. The van der Waals surface area contributed by atoms with E-state index in [4.69, 9.17) is 46.6 Å². The maximum Gasteiger partial charge on any atom is 0.416 e. The lowest BCUT2D eigenvalue weighted by Crippen LogP contribution is -2.47. The quantitative estimate of drug-likeness (QED) is 0.0115. The number of nitrogens with zero attached hydrogens (tertiary/aromatic N) is 9. The Bertz CT molecular complexity index is 5370. The number of benzene rings is 5. The van der Waals surface area contributed by atoms with E-state index >= 15 is 0 Å². The summed E-state index contributed by atoms with van der Waals surface area (Å²) in [7, 11) is -7.98. The van der Waals surface area contributed by atoms with E-state index in [1.807, 2.05) is 11.0 Å². The number of piperazine rings is 1. The molecule has 0 saturated carbocycles. The molecular weight excluding hydrogens is 1700 g/mol. The fourth-order valence-electron chi connectivity index (χ4n) is 14.8. The highest BCUT2D eigenvalue weighted by Gasteiger charge is 2.36. The molecule has 7 aromatic rings. The normalized spacial score (nSPS) is 16.4. The second-order valence-electron chi connectivity index (χ2n) is 31.0. The largest absolute Gasteiger partial charge is 0.455 e. The Hall–Kier alpha value is -10.4. The van der Waals surface area contributed by atoms with Gasteiger partial charge in [-0.15, -0.1) is 0 Å². The number of ether oxygens (including phenoxy) is 4. The van der Waals surface area contributed by atoms with Crippen LogP contribution in [0, 0.1) is 59.3 Å². The standard InChI is InChI=1S/C50H55ClF3N7O8S.C15H22N4O6S.C9H18N2O2.C6H5FN2O4S/c1-49(2)14-10-34(41(26-49)39-7-4-35(23-42(39)51)50(52,53)54)29-58-18-20-59(21-19-58)36-5-8-40(46(24-36)69-37-22-33-11-15-55-48(33)57-28-37)45(62)31-70(66,67)38-6-9-43(44(25-38)61(64)65)56-27-32-12-16-60(17-13-32)47(63)30-68-3;1-25-10-15(20)18-6-4-11(5-7-18)9-17-13-3-2-12(26(16,23)24)8-14(13)19(21)22;1-13-7-9(12)11-4-2-8(6-10)3-5-11;7-5-2-1-4(14(8,12)13)3-6(5)9(10)11/h4-9,11,15,22-25,28,32,56H,10,12-14,16-21,26-27,29-31H2,1-3H3,(H,55,57);2-3,8,11,17H,4-7,9-10H2,1H3,(H2,16,23,24);8H,2-7,10H2,1H3;1-3H,(H2,8,12,13). The van der Waals surface area contributed by atoms with Gasteiger partial charge in [0.1, 0.15) is 54.1 Å². The number of sulfone groups is 1. The first-order valence-corrected chi connectivity index (χ1v) is 44.3. The van der Waals surface area contributed by atoms with E-state index in [1.165, 1.54) is 56.8 Å². The van der Waals surface area contributed by atoms with Crippen molar-refractivity contribution in [2.45, 2.75) is 92.5 Å². The predicted octanol–water partition coefficient (Wildman–Crippen LogP) is 10.4. The number of hydrogen-bond donors (Lipinski definition) is 6. The number of fused-ring (bicyclic) bond motifs is 1. The number of Topliss-reactive ketones (excluding diaryl/α,β-unsaturated/α-hetero) is 1. The highest BCUT2D eigenvalue weighted by Crippen LogP contribution is 2.46. The number of sulfonamides is 2. The molecule has 0 radical (unpaired) electrons. The topological polar surface area (TPSA) is 484 Å². The number of hydrogen-bond acceptors (Lipinski definition) is 26. The zero-order valence-corrected chi connectivity index (χ0v) is 71.5. The van der Waals surface area contributed by atoms with Crippen molar-refractivity contribution < 1.29 is 95.7 Å².